The molecule has 100 valence electrons. The summed E-state index contributed by atoms with van der Waals surface area (Å²) in [6, 6.07) is 10.9. The molecule has 0 unspecified atom stereocenters. The molecule has 0 saturated carbocycles. The number of para-hydroxylation sites is 1. The highest BCUT2D eigenvalue weighted by molar-refractivity contribution is 6.03. The number of aryl methyl sites for hydroxylation is 1. The lowest BCUT2D eigenvalue weighted by Gasteiger charge is -2.07. The maximum atomic E-state index is 12.0. The van der Waals surface area contributed by atoms with E-state index in [1.807, 2.05) is 31.2 Å². The topological polar surface area (TPSA) is 62.2 Å². The number of carbonyl (C=O) groups is 1. The van der Waals surface area contributed by atoms with Gasteiger partial charge < -0.3 is 10.4 Å². The highest BCUT2D eigenvalue weighted by Gasteiger charge is 2.08. The minimum atomic E-state index is -0.263. The average Bonchev–Trinajstić information content (AvgIpc) is 2.48. The van der Waals surface area contributed by atoms with Crippen LogP contribution in [0.1, 0.15) is 21.6 Å². The van der Waals surface area contributed by atoms with Crippen LogP contribution in [0.5, 0.6) is 0 Å². The number of aliphatic hydroxyl groups is 1. The Morgan fingerprint density at radius 1 is 1.30 bits per heavy atom. The Hall–Kier alpha value is -2.64. The number of nitrogens with zero attached hydrogens (tertiary/aromatic N) is 1. The molecule has 4 nitrogen and oxygen atoms in total. The maximum absolute atomic E-state index is 12.0. The van der Waals surface area contributed by atoms with Gasteiger partial charge in [0.15, 0.2) is 0 Å². The third-order valence-corrected chi connectivity index (χ3v) is 2.70. The molecule has 0 spiro atoms. The van der Waals surface area contributed by atoms with Crippen molar-refractivity contribution < 1.29 is 9.90 Å². The molecular formula is C16H14N2O2. The van der Waals surface area contributed by atoms with Crippen molar-refractivity contribution in [3.05, 3.63) is 59.4 Å². The number of aromatic nitrogens is 1. The summed E-state index contributed by atoms with van der Waals surface area (Å²) in [4.78, 5) is 16.1. The number of benzene rings is 1. The largest absolute Gasteiger partial charge is 0.384 e. The van der Waals surface area contributed by atoms with Gasteiger partial charge in [0.1, 0.15) is 12.3 Å². The van der Waals surface area contributed by atoms with Gasteiger partial charge in [-0.15, -0.1) is 0 Å². The molecule has 0 aliphatic heterocycles. The van der Waals surface area contributed by atoms with Gasteiger partial charge in [-0.25, -0.2) is 4.98 Å². The molecule has 0 saturated heterocycles. The first kappa shape index (κ1) is 13.8. The molecule has 2 rings (SSSR count). The Labute approximate surface area is 117 Å². The van der Waals surface area contributed by atoms with Gasteiger partial charge in [0.05, 0.1) is 0 Å². The number of pyridine rings is 1. The van der Waals surface area contributed by atoms with Crippen LogP contribution in [0.25, 0.3) is 0 Å². The Kier molecular flexibility index (Phi) is 4.48. The maximum Gasteiger partial charge on any atom is 0.274 e. The number of rotatable bonds is 2. The molecule has 4 heteroatoms. The zero-order chi connectivity index (χ0) is 14.4. The fourth-order valence-electron chi connectivity index (χ4n) is 1.64. The number of carbonyl (C=O) groups excluding carboxylic acids is 1. The smallest absolute Gasteiger partial charge is 0.274 e. The molecular weight excluding hydrogens is 252 g/mol. The van der Waals surface area contributed by atoms with E-state index >= 15 is 0 Å². The van der Waals surface area contributed by atoms with Crippen LogP contribution in [0.3, 0.4) is 0 Å². The molecule has 0 aliphatic carbocycles. The predicted octanol–water partition coefficient (Wildman–Crippen LogP) is 1.99. The molecule has 2 N–H and O–H groups in total. The summed E-state index contributed by atoms with van der Waals surface area (Å²) < 4.78 is 0. The van der Waals surface area contributed by atoms with Crippen LogP contribution < -0.4 is 5.32 Å². The molecule has 0 fully saturated rings. The van der Waals surface area contributed by atoms with Crippen LogP contribution in [-0.4, -0.2) is 22.6 Å². The van der Waals surface area contributed by atoms with Gasteiger partial charge in [-0.1, -0.05) is 30.0 Å². The summed E-state index contributed by atoms with van der Waals surface area (Å²) >= 11 is 0. The van der Waals surface area contributed by atoms with E-state index in [1.54, 1.807) is 12.1 Å². The van der Waals surface area contributed by atoms with Gasteiger partial charge >= 0.3 is 0 Å². The first-order chi connectivity index (χ1) is 9.70. The number of nitrogens with one attached hydrogen (secondary N) is 1. The van der Waals surface area contributed by atoms with E-state index in [1.165, 1.54) is 6.20 Å². The molecule has 1 aromatic heterocycles. The van der Waals surface area contributed by atoms with Gasteiger partial charge in [0.2, 0.25) is 0 Å². The van der Waals surface area contributed by atoms with Crippen molar-refractivity contribution >= 4 is 11.6 Å². The zero-order valence-electron chi connectivity index (χ0n) is 11.1. The van der Waals surface area contributed by atoms with E-state index in [0.717, 1.165) is 11.3 Å². The Bertz CT molecular complexity index is 667. The SMILES string of the molecule is Cc1ccccc1NC(=O)c1ccc(C#CCO)cn1. The van der Waals surface area contributed by atoms with Crippen molar-refractivity contribution in [1.82, 2.24) is 4.98 Å². The highest BCUT2D eigenvalue weighted by Crippen LogP contribution is 2.14. The summed E-state index contributed by atoms with van der Waals surface area (Å²) in [7, 11) is 0. The van der Waals surface area contributed by atoms with E-state index in [4.69, 9.17) is 5.11 Å². The number of anilines is 1. The summed E-state index contributed by atoms with van der Waals surface area (Å²) in [6.45, 7) is 1.73. The summed E-state index contributed by atoms with van der Waals surface area (Å²) in [5.74, 6) is 4.99. The van der Waals surface area contributed by atoms with Crippen molar-refractivity contribution in [3.8, 4) is 11.8 Å². The molecule has 2 aromatic rings. The van der Waals surface area contributed by atoms with Crippen LogP contribution in [0, 0.1) is 18.8 Å². The Morgan fingerprint density at radius 2 is 2.10 bits per heavy atom. The summed E-state index contributed by atoms with van der Waals surface area (Å²) in [5.41, 5.74) is 2.74. The highest BCUT2D eigenvalue weighted by atomic mass is 16.2. The van der Waals surface area contributed by atoms with Crippen LogP contribution in [0.4, 0.5) is 5.69 Å². The standard InChI is InChI=1S/C16H14N2O2/c1-12-5-2-3-7-14(12)18-16(20)15-9-8-13(11-17-15)6-4-10-19/h2-3,5,7-9,11,19H,10H2,1H3,(H,18,20). The Morgan fingerprint density at radius 3 is 2.75 bits per heavy atom. The summed E-state index contributed by atoms with van der Waals surface area (Å²) in [6.07, 6.45) is 1.51. The number of hydrogen-bond acceptors (Lipinski definition) is 3. The van der Waals surface area contributed by atoms with E-state index < -0.39 is 0 Å². The normalized spacial score (nSPS) is 9.50. The van der Waals surface area contributed by atoms with Crippen LogP contribution in [0.2, 0.25) is 0 Å². The first-order valence-corrected chi connectivity index (χ1v) is 6.13. The molecule has 0 atom stereocenters. The quantitative estimate of drug-likeness (QED) is 0.817. The van der Waals surface area contributed by atoms with E-state index in [-0.39, 0.29) is 12.5 Å². The minimum absolute atomic E-state index is 0.199. The monoisotopic (exact) mass is 266 g/mol. The van der Waals surface area contributed by atoms with Gasteiger partial charge in [0.25, 0.3) is 5.91 Å². The van der Waals surface area contributed by atoms with Crippen molar-refractivity contribution in [2.75, 3.05) is 11.9 Å². The molecule has 1 aromatic carbocycles. The van der Waals surface area contributed by atoms with Crippen LogP contribution >= 0.6 is 0 Å². The first-order valence-electron chi connectivity index (χ1n) is 6.13. The molecule has 0 radical (unpaired) electrons. The van der Waals surface area contributed by atoms with Crippen molar-refractivity contribution in [3.63, 3.8) is 0 Å². The van der Waals surface area contributed by atoms with E-state index in [2.05, 4.69) is 22.1 Å². The number of amides is 1. The third-order valence-electron chi connectivity index (χ3n) is 2.70. The lowest BCUT2D eigenvalue weighted by molar-refractivity contribution is 0.102. The van der Waals surface area contributed by atoms with Gasteiger partial charge in [-0.3, -0.25) is 4.79 Å². The average molecular weight is 266 g/mol. The third kappa shape index (κ3) is 3.44. The minimum Gasteiger partial charge on any atom is -0.384 e. The van der Waals surface area contributed by atoms with Crippen molar-refractivity contribution in [1.29, 1.82) is 0 Å². The fourth-order valence-corrected chi connectivity index (χ4v) is 1.64. The van der Waals surface area contributed by atoms with Crippen LogP contribution in [-0.2, 0) is 0 Å². The molecule has 0 bridgehead atoms. The fraction of sp³-hybridized carbons (Fsp3) is 0.125. The lowest BCUT2D eigenvalue weighted by Crippen LogP contribution is -2.14. The summed E-state index contributed by atoms with van der Waals surface area (Å²) in [5, 5.41) is 11.4. The van der Waals surface area contributed by atoms with Gasteiger partial charge in [0, 0.05) is 17.4 Å². The van der Waals surface area contributed by atoms with Gasteiger partial charge in [-0.05, 0) is 30.7 Å². The number of aliphatic hydroxyl groups excluding tert-OH is 1. The second-order valence-corrected chi connectivity index (χ2v) is 4.16. The zero-order valence-corrected chi connectivity index (χ0v) is 11.1. The lowest BCUT2D eigenvalue weighted by atomic mass is 10.2. The molecule has 0 aliphatic rings. The molecule has 1 amide bonds. The van der Waals surface area contributed by atoms with Crippen LogP contribution in [0.15, 0.2) is 42.6 Å². The predicted molar refractivity (Wildman–Crippen MR) is 77.3 cm³/mol. The van der Waals surface area contributed by atoms with E-state index in [0.29, 0.717) is 11.3 Å². The molecule has 1 heterocycles. The number of hydrogen-bond donors (Lipinski definition) is 2. The van der Waals surface area contributed by atoms with Crippen molar-refractivity contribution in [2.24, 2.45) is 0 Å². The van der Waals surface area contributed by atoms with Gasteiger partial charge in [-0.2, -0.15) is 0 Å². The second kappa shape index (κ2) is 6.50. The second-order valence-electron chi connectivity index (χ2n) is 4.16. The Balaban J connectivity index is 2.12. The molecule has 20 heavy (non-hydrogen) atoms. The van der Waals surface area contributed by atoms with Crippen molar-refractivity contribution in [2.45, 2.75) is 6.92 Å². The van der Waals surface area contributed by atoms with E-state index in [9.17, 15) is 4.79 Å².